The van der Waals surface area contributed by atoms with Gasteiger partial charge >= 0.3 is 5.97 Å². The molecule has 3 amide bonds. The van der Waals surface area contributed by atoms with Gasteiger partial charge in [-0.3, -0.25) is 14.4 Å². The minimum absolute atomic E-state index is 0.00477. The van der Waals surface area contributed by atoms with Gasteiger partial charge in [-0.05, 0) is 72.0 Å². The SMILES string of the molecule is [2H]C1(C[C@H](NC(=O)CNC(=O)COc2ccc([C@@H]3[C@@H](SC[C@H](O)c4ccc(F)cc4)C(=O)N3c3ccc(F)cc3)cc2)C(=O)O)CCCCC1. The summed E-state index contributed by atoms with van der Waals surface area (Å²) in [4.78, 5) is 51.4. The van der Waals surface area contributed by atoms with E-state index in [0.29, 0.717) is 29.8 Å². The predicted molar refractivity (Wildman–Crippen MR) is 180 cm³/mol. The van der Waals surface area contributed by atoms with E-state index in [1.54, 1.807) is 29.2 Å². The third-order valence-electron chi connectivity index (χ3n) is 8.56. The molecular formula is C36H39F2N3O7S. The summed E-state index contributed by atoms with van der Waals surface area (Å²) in [6, 6.07) is 16.0. The molecule has 1 aliphatic carbocycles. The number of nitrogens with one attached hydrogen (secondary N) is 2. The molecule has 3 aromatic rings. The van der Waals surface area contributed by atoms with Crippen LogP contribution in [0.15, 0.2) is 72.8 Å². The van der Waals surface area contributed by atoms with Crippen LogP contribution in [-0.4, -0.2) is 64.1 Å². The molecule has 1 heterocycles. The van der Waals surface area contributed by atoms with E-state index in [9.17, 15) is 38.2 Å². The fourth-order valence-corrected chi connectivity index (χ4v) is 7.24. The average Bonchev–Trinajstić information content (AvgIpc) is 3.10. The molecule has 3 aromatic carbocycles. The lowest BCUT2D eigenvalue weighted by molar-refractivity contribution is -0.142. The lowest BCUT2D eigenvalue weighted by Gasteiger charge is -2.47. The molecule has 49 heavy (non-hydrogen) atoms. The van der Waals surface area contributed by atoms with Gasteiger partial charge in [-0.2, -0.15) is 0 Å². The lowest BCUT2D eigenvalue weighted by Crippen LogP contribution is -2.57. The molecule has 4 atom stereocenters. The van der Waals surface area contributed by atoms with Crippen LogP contribution in [0.25, 0.3) is 0 Å². The Kier molecular flexibility index (Phi) is 11.8. The Morgan fingerprint density at radius 2 is 1.57 bits per heavy atom. The van der Waals surface area contributed by atoms with Gasteiger partial charge < -0.3 is 30.5 Å². The molecule has 1 aliphatic heterocycles. The largest absolute Gasteiger partial charge is 0.484 e. The van der Waals surface area contributed by atoms with Crippen LogP contribution < -0.4 is 20.3 Å². The number of hydrogen-bond donors (Lipinski definition) is 4. The maximum atomic E-state index is 13.6. The fourth-order valence-electron chi connectivity index (χ4n) is 5.94. The number of carbonyl (C=O) groups excluding carboxylic acids is 3. The minimum Gasteiger partial charge on any atom is -0.484 e. The van der Waals surface area contributed by atoms with Crippen molar-refractivity contribution in [2.24, 2.45) is 5.89 Å². The Balaban J connectivity index is 1.15. The van der Waals surface area contributed by atoms with Crippen molar-refractivity contribution in [2.75, 3.05) is 23.8 Å². The van der Waals surface area contributed by atoms with E-state index < -0.39 is 71.9 Å². The summed E-state index contributed by atoms with van der Waals surface area (Å²) >= 11 is 1.25. The second kappa shape index (κ2) is 16.8. The van der Waals surface area contributed by atoms with Gasteiger partial charge in [0.2, 0.25) is 11.8 Å². The average molecular weight is 697 g/mol. The molecule has 260 valence electrons. The molecule has 5 rings (SSSR count). The molecule has 1 saturated carbocycles. The van der Waals surface area contributed by atoms with Crippen molar-refractivity contribution >= 4 is 41.1 Å². The maximum absolute atomic E-state index is 13.6. The van der Waals surface area contributed by atoms with Gasteiger partial charge in [0.25, 0.3) is 5.91 Å². The van der Waals surface area contributed by atoms with E-state index in [1.807, 2.05) is 0 Å². The Morgan fingerprint density at radius 3 is 2.20 bits per heavy atom. The number of aliphatic carboxylic acids is 1. The molecule has 0 aromatic heterocycles. The van der Waals surface area contributed by atoms with Crippen molar-refractivity contribution in [3.63, 3.8) is 0 Å². The number of carboxylic acids is 1. The summed E-state index contributed by atoms with van der Waals surface area (Å²) in [7, 11) is 0. The first-order valence-corrected chi connectivity index (χ1v) is 17.1. The molecule has 0 bridgehead atoms. The zero-order chi connectivity index (χ0) is 35.8. The normalized spacial score (nSPS) is 19.9. The first kappa shape index (κ1) is 34.4. The molecule has 0 unspecified atom stereocenters. The third-order valence-corrected chi connectivity index (χ3v) is 9.89. The Hall–Kier alpha value is -4.49. The summed E-state index contributed by atoms with van der Waals surface area (Å²) in [5, 5.41) is 24.5. The summed E-state index contributed by atoms with van der Waals surface area (Å²) < 4.78 is 41.1. The quantitative estimate of drug-likeness (QED) is 0.164. The highest BCUT2D eigenvalue weighted by atomic mass is 32.2. The number of rotatable bonds is 15. The van der Waals surface area contributed by atoms with Crippen LogP contribution in [0.4, 0.5) is 14.5 Å². The fraction of sp³-hybridized carbons (Fsp3) is 0.389. The second-order valence-electron chi connectivity index (χ2n) is 12.1. The number of hydrogen-bond acceptors (Lipinski definition) is 7. The highest BCUT2D eigenvalue weighted by Gasteiger charge is 2.49. The summed E-state index contributed by atoms with van der Waals surface area (Å²) in [6.45, 7) is -0.881. The van der Waals surface area contributed by atoms with E-state index in [2.05, 4.69) is 10.6 Å². The summed E-state index contributed by atoms with van der Waals surface area (Å²) in [6.07, 6.45) is 2.93. The molecule has 2 fully saturated rings. The number of aliphatic hydroxyl groups is 1. The molecule has 10 nitrogen and oxygen atoms in total. The molecule has 4 N–H and O–H groups in total. The highest BCUT2D eigenvalue weighted by molar-refractivity contribution is 8.00. The van der Waals surface area contributed by atoms with Gasteiger partial charge in [0.05, 0.1) is 18.7 Å². The number of β-lactam (4-membered cyclic amide) rings is 1. The second-order valence-corrected chi connectivity index (χ2v) is 13.2. The van der Waals surface area contributed by atoms with Crippen molar-refractivity contribution in [1.82, 2.24) is 10.6 Å². The van der Waals surface area contributed by atoms with Gasteiger partial charge in [-0.15, -0.1) is 11.8 Å². The molecule has 2 aliphatic rings. The number of halogens is 2. The van der Waals surface area contributed by atoms with Crippen LogP contribution in [0, 0.1) is 17.5 Å². The Bertz CT molecular complexity index is 1660. The van der Waals surface area contributed by atoms with Crippen LogP contribution in [0.2, 0.25) is 0 Å². The topological polar surface area (TPSA) is 145 Å². The number of amides is 3. The van der Waals surface area contributed by atoms with Crippen molar-refractivity contribution in [3.8, 4) is 5.75 Å². The van der Waals surface area contributed by atoms with Gasteiger partial charge in [-0.25, -0.2) is 13.6 Å². The number of benzene rings is 3. The van der Waals surface area contributed by atoms with E-state index in [4.69, 9.17) is 6.11 Å². The molecule has 0 radical (unpaired) electrons. The standard InChI is InChI=1S/C36H39F2N3O7S/c37-25-10-6-23(7-11-25)30(42)21-49-34-33(41(35(34)45)27-14-12-26(38)13-15-27)24-8-16-28(17-9-24)48-20-32(44)39-19-31(43)40-29(36(46)47)18-22-4-2-1-3-5-22/h6-17,22,29-30,33-34,42H,1-5,18-21H2,(H,39,44)(H,40,43)(H,46,47)/t29-,30-,33+,34+/m0/s1/i22D. The van der Waals surface area contributed by atoms with Crippen molar-refractivity contribution < 1.29 is 44.3 Å². The number of ether oxygens (including phenoxy) is 1. The van der Waals surface area contributed by atoms with Gasteiger partial charge in [-0.1, -0.05) is 56.4 Å². The van der Waals surface area contributed by atoms with E-state index in [1.165, 1.54) is 60.3 Å². The van der Waals surface area contributed by atoms with Crippen LogP contribution in [0.5, 0.6) is 5.75 Å². The third kappa shape index (κ3) is 9.57. The predicted octanol–water partition coefficient (Wildman–Crippen LogP) is 4.92. The maximum Gasteiger partial charge on any atom is 0.326 e. The zero-order valence-corrected chi connectivity index (χ0v) is 27.5. The number of anilines is 1. The minimum atomic E-state index is -1.23. The first-order chi connectivity index (χ1) is 23.9. The summed E-state index contributed by atoms with van der Waals surface area (Å²) in [5.41, 5.74) is 1.75. The number of nitrogens with zero attached hydrogens (tertiary/aromatic N) is 1. The highest BCUT2D eigenvalue weighted by Crippen LogP contribution is 2.46. The van der Waals surface area contributed by atoms with E-state index in [-0.39, 0.29) is 18.1 Å². The zero-order valence-electron chi connectivity index (χ0n) is 27.6. The molecule has 0 spiro atoms. The van der Waals surface area contributed by atoms with E-state index >= 15 is 0 Å². The molecule has 13 heteroatoms. The Morgan fingerprint density at radius 1 is 0.939 bits per heavy atom. The van der Waals surface area contributed by atoms with Gasteiger partial charge in [0.1, 0.15) is 28.7 Å². The van der Waals surface area contributed by atoms with Crippen molar-refractivity contribution in [3.05, 3.63) is 95.6 Å². The first-order valence-electron chi connectivity index (χ1n) is 16.6. The van der Waals surface area contributed by atoms with Crippen molar-refractivity contribution in [2.45, 2.75) is 62.0 Å². The monoisotopic (exact) mass is 696 g/mol. The lowest BCUT2D eigenvalue weighted by atomic mass is 9.85. The molecular weight excluding hydrogens is 656 g/mol. The number of thioether (sulfide) groups is 1. The molecule has 1 saturated heterocycles. The Labute approximate surface area is 288 Å². The van der Waals surface area contributed by atoms with E-state index in [0.717, 1.165) is 24.8 Å². The smallest absolute Gasteiger partial charge is 0.326 e. The van der Waals surface area contributed by atoms with Gasteiger partial charge in [0, 0.05) is 12.8 Å². The van der Waals surface area contributed by atoms with Crippen LogP contribution in [-0.2, 0) is 19.2 Å². The van der Waals surface area contributed by atoms with Crippen LogP contribution in [0.1, 0.15) is 63.2 Å². The van der Waals surface area contributed by atoms with Crippen LogP contribution in [0.3, 0.4) is 0 Å². The number of carboxylic acid groups (broad SMARTS) is 1. The van der Waals surface area contributed by atoms with Gasteiger partial charge in [0.15, 0.2) is 6.61 Å². The van der Waals surface area contributed by atoms with Crippen molar-refractivity contribution in [1.29, 1.82) is 0 Å². The number of aliphatic hydroxyl groups excluding tert-OH is 1. The summed E-state index contributed by atoms with van der Waals surface area (Å²) in [5.74, 6) is -4.00. The van der Waals surface area contributed by atoms with Crippen LogP contribution >= 0.6 is 11.8 Å². The number of carbonyl (C=O) groups is 4.